The van der Waals surface area contributed by atoms with Crippen molar-refractivity contribution >= 4 is 11.9 Å². The third-order valence-corrected chi connectivity index (χ3v) is 3.36. The highest BCUT2D eigenvalue weighted by Gasteiger charge is 2.19. The predicted octanol–water partition coefficient (Wildman–Crippen LogP) is 3.20. The minimum Gasteiger partial charge on any atom is -0.466 e. The molecule has 0 aromatic heterocycles. The van der Waals surface area contributed by atoms with Gasteiger partial charge in [0.2, 0.25) is 0 Å². The van der Waals surface area contributed by atoms with Crippen molar-refractivity contribution < 1.29 is 23.8 Å². The van der Waals surface area contributed by atoms with Gasteiger partial charge in [-0.05, 0) is 18.4 Å². The number of methoxy groups -OCH3 is 1. The molecule has 1 heterocycles. The molecule has 0 saturated carbocycles. The maximum absolute atomic E-state index is 10.9. The molecule has 1 fully saturated rings. The maximum Gasteiger partial charge on any atom is 0.333 e. The molecule has 1 aromatic rings. The largest absolute Gasteiger partial charge is 0.466 e. The van der Waals surface area contributed by atoms with Crippen LogP contribution in [0.2, 0.25) is 0 Å². The number of carbonyl (C=O) groups is 2. The molecule has 1 saturated heterocycles. The van der Waals surface area contributed by atoms with E-state index in [4.69, 9.17) is 9.47 Å². The van der Waals surface area contributed by atoms with Crippen molar-refractivity contribution in [3.63, 3.8) is 0 Å². The first kappa shape index (κ1) is 19.6. The van der Waals surface area contributed by atoms with Crippen LogP contribution in [0.1, 0.15) is 24.8 Å². The van der Waals surface area contributed by atoms with Crippen LogP contribution in [0.3, 0.4) is 0 Å². The van der Waals surface area contributed by atoms with Gasteiger partial charge in [0, 0.05) is 24.7 Å². The van der Waals surface area contributed by atoms with E-state index in [9.17, 15) is 9.59 Å². The second kappa shape index (κ2) is 11.2. The second-order valence-corrected chi connectivity index (χ2v) is 5.23. The Hall–Kier alpha value is -2.40. The SMILES string of the molecule is C=C(CC1CCCO1)C(=O)OC.C=CC(=O)OCc1ccccc1. The molecule has 0 spiro atoms. The first-order valence-electron chi connectivity index (χ1n) is 7.77. The van der Waals surface area contributed by atoms with E-state index in [0.717, 1.165) is 31.1 Å². The lowest BCUT2D eigenvalue weighted by Gasteiger charge is -2.09. The lowest BCUT2D eigenvalue weighted by molar-refractivity contribution is -0.139. The zero-order chi connectivity index (χ0) is 17.8. The third-order valence-electron chi connectivity index (χ3n) is 3.36. The molecule has 0 amide bonds. The second-order valence-electron chi connectivity index (χ2n) is 5.23. The zero-order valence-corrected chi connectivity index (χ0v) is 14.0. The van der Waals surface area contributed by atoms with Gasteiger partial charge in [0.25, 0.3) is 0 Å². The highest BCUT2D eigenvalue weighted by Crippen LogP contribution is 2.19. The van der Waals surface area contributed by atoms with E-state index in [1.807, 2.05) is 30.3 Å². The first-order chi connectivity index (χ1) is 11.6. The van der Waals surface area contributed by atoms with Crippen molar-refractivity contribution in [2.45, 2.75) is 32.0 Å². The van der Waals surface area contributed by atoms with E-state index in [-0.39, 0.29) is 18.0 Å². The van der Waals surface area contributed by atoms with Crippen LogP contribution in [0.25, 0.3) is 0 Å². The first-order valence-corrected chi connectivity index (χ1v) is 7.77. The van der Waals surface area contributed by atoms with Crippen molar-refractivity contribution in [2.75, 3.05) is 13.7 Å². The van der Waals surface area contributed by atoms with Gasteiger partial charge in [0.05, 0.1) is 13.2 Å². The monoisotopic (exact) mass is 332 g/mol. The average Bonchev–Trinajstić information content (AvgIpc) is 3.13. The number of hydrogen-bond donors (Lipinski definition) is 0. The fourth-order valence-corrected chi connectivity index (χ4v) is 2.10. The molecule has 130 valence electrons. The van der Waals surface area contributed by atoms with Crippen LogP contribution in [0.4, 0.5) is 0 Å². The summed E-state index contributed by atoms with van der Waals surface area (Å²) in [6, 6.07) is 9.51. The average molecular weight is 332 g/mol. The standard InChI is InChI=1S/C10H10O2.C9H14O3/c1-2-10(11)12-8-9-6-4-3-5-7-9;1-7(9(10)11-2)6-8-4-3-5-12-8/h2-7H,1,8H2;8H,1,3-6H2,2H3. The van der Waals surface area contributed by atoms with Gasteiger partial charge in [-0.3, -0.25) is 0 Å². The van der Waals surface area contributed by atoms with E-state index in [1.54, 1.807) is 0 Å². The summed E-state index contributed by atoms with van der Waals surface area (Å²) in [6.07, 6.45) is 4.04. The number of hydrogen-bond acceptors (Lipinski definition) is 5. The van der Waals surface area contributed by atoms with Crippen LogP contribution in [0, 0.1) is 0 Å². The minimum atomic E-state index is -0.390. The van der Waals surface area contributed by atoms with Gasteiger partial charge in [-0.2, -0.15) is 0 Å². The molecule has 0 N–H and O–H groups in total. The van der Waals surface area contributed by atoms with Crippen molar-refractivity contribution in [1.29, 1.82) is 0 Å². The summed E-state index contributed by atoms with van der Waals surface area (Å²) in [5, 5.41) is 0. The van der Waals surface area contributed by atoms with Gasteiger partial charge in [0.1, 0.15) is 6.61 Å². The summed E-state index contributed by atoms with van der Waals surface area (Å²) in [4.78, 5) is 21.6. The van der Waals surface area contributed by atoms with E-state index in [0.29, 0.717) is 18.6 Å². The van der Waals surface area contributed by atoms with Crippen LogP contribution in [0.5, 0.6) is 0 Å². The number of ether oxygens (including phenoxy) is 3. The molecular weight excluding hydrogens is 308 g/mol. The van der Waals surface area contributed by atoms with Crippen molar-refractivity contribution in [3.05, 3.63) is 60.7 Å². The quantitative estimate of drug-likeness (QED) is 0.591. The highest BCUT2D eigenvalue weighted by molar-refractivity contribution is 5.87. The molecule has 0 aliphatic carbocycles. The number of carbonyl (C=O) groups excluding carboxylic acids is 2. The lowest BCUT2D eigenvalue weighted by Crippen LogP contribution is -2.12. The van der Waals surface area contributed by atoms with Crippen LogP contribution in [0.15, 0.2) is 55.1 Å². The molecule has 5 nitrogen and oxygen atoms in total. The van der Waals surface area contributed by atoms with Crippen LogP contribution in [-0.2, 0) is 30.4 Å². The molecule has 1 aliphatic rings. The Labute approximate surface area is 142 Å². The Bertz CT molecular complexity index is 544. The van der Waals surface area contributed by atoms with Crippen LogP contribution in [-0.4, -0.2) is 31.8 Å². The summed E-state index contributed by atoms with van der Waals surface area (Å²) in [6.45, 7) is 8.05. The Morgan fingerprint density at radius 3 is 2.58 bits per heavy atom. The van der Waals surface area contributed by atoms with E-state index in [1.165, 1.54) is 7.11 Å². The van der Waals surface area contributed by atoms with Crippen molar-refractivity contribution in [3.8, 4) is 0 Å². The summed E-state index contributed by atoms with van der Waals surface area (Å²) in [7, 11) is 1.36. The molecule has 24 heavy (non-hydrogen) atoms. The Balaban J connectivity index is 0.000000240. The summed E-state index contributed by atoms with van der Waals surface area (Å²) >= 11 is 0. The van der Waals surface area contributed by atoms with Gasteiger partial charge in [-0.1, -0.05) is 43.5 Å². The molecule has 1 unspecified atom stereocenters. The van der Waals surface area contributed by atoms with Gasteiger partial charge in [-0.25, -0.2) is 9.59 Å². The Morgan fingerprint density at radius 1 is 1.33 bits per heavy atom. The fraction of sp³-hybridized carbons (Fsp3) is 0.368. The van der Waals surface area contributed by atoms with Gasteiger partial charge in [0.15, 0.2) is 0 Å². The Morgan fingerprint density at radius 2 is 2.04 bits per heavy atom. The molecule has 2 rings (SSSR count). The topological polar surface area (TPSA) is 61.8 Å². The molecule has 1 aliphatic heterocycles. The summed E-state index contributed by atoms with van der Waals surface area (Å²) in [5.74, 6) is -0.718. The maximum atomic E-state index is 10.9. The van der Waals surface area contributed by atoms with E-state index < -0.39 is 0 Å². The Kier molecular flexibility index (Phi) is 9.16. The summed E-state index contributed by atoms with van der Waals surface area (Å²) < 4.78 is 14.7. The van der Waals surface area contributed by atoms with Gasteiger partial charge in [-0.15, -0.1) is 0 Å². The van der Waals surface area contributed by atoms with E-state index in [2.05, 4.69) is 17.9 Å². The van der Waals surface area contributed by atoms with Crippen molar-refractivity contribution in [1.82, 2.24) is 0 Å². The third kappa shape index (κ3) is 7.74. The molecule has 5 heteroatoms. The lowest BCUT2D eigenvalue weighted by atomic mass is 10.1. The number of esters is 2. The minimum absolute atomic E-state index is 0.177. The number of benzene rings is 1. The molecule has 0 bridgehead atoms. The molecule has 0 radical (unpaired) electrons. The predicted molar refractivity (Wildman–Crippen MR) is 91.2 cm³/mol. The fourth-order valence-electron chi connectivity index (χ4n) is 2.10. The van der Waals surface area contributed by atoms with Gasteiger partial charge < -0.3 is 14.2 Å². The smallest absolute Gasteiger partial charge is 0.333 e. The molecular formula is C19H24O5. The zero-order valence-electron chi connectivity index (χ0n) is 14.0. The molecule has 1 aromatic carbocycles. The van der Waals surface area contributed by atoms with Crippen LogP contribution < -0.4 is 0 Å². The highest BCUT2D eigenvalue weighted by atomic mass is 16.5. The van der Waals surface area contributed by atoms with E-state index >= 15 is 0 Å². The normalized spacial score (nSPS) is 15.6. The van der Waals surface area contributed by atoms with Crippen molar-refractivity contribution in [2.24, 2.45) is 0 Å². The van der Waals surface area contributed by atoms with Gasteiger partial charge >= 0.3 is 11.9 Å². The molecule has 1 atom stereocenters. The number of rotatable bonds is 6. The van der Waals surface area contributed by atoms with Crippen LogP contribution >= 0.6 is 0 Å². The summed E-state index contributed by atoms with van der Waals surface area (Å²) in [5.41, 5.74) is 1.48.